The minimum atomic E-state index is -0.998. The Labute approximate surface area is 202 Å². The number of nitrogens with zero attached hydrogens (tertiary/aromatic N) is 1. The van der Waals surface area contributed by atoms with Crippen molar-refractivity contribution in [1.82, 2.24) is 15.8 Å². The highest BCUT2D eigenvalue weighted by Crippen LogP contribution is 2.11. The van der Waals surface area contributed by atoms with Crippen molar-refractivity contribution >= 4 is 12.2 Å². The molecule has 0 bridgehead atoms. The second-order valence-electron chi connectivity index (χ2n) is 9.43. The summed E-state index contributed by atoms with van der Waals surface area (Å²) in [6, 6.07) is 18.2. The molecule has 34 heavy (non-hydrogen) atoms. The Hall–Kier alpha value is -3.10. The normalized spacial score (nSPS) is 13.3. The fraction of sp³-hybridized carbons (Fsp3) is 0.462. The van der Waals surface area contributed by atoms with Gasteiger partial charge in [0.2, 0.25) is 0 Å². The predicted molar refractivity (Wildman–Crippen MR) is 131 cm³/mol. The molecule has 0 radical (unpaired) electrons. The van der Waals surface area contributed by atoms with Crippen LogP contribution in [0.15, 0.2) is 60.7 Å². The van der Waals surface area contributed by atoms with Crippen molar-refractivity contribution in [2.75, 3.05) is 6.54 Å². The Balaban J connectivity index is 2.06. The minimum absolute atomic E-state index is 0.0768. The van der Waals surface area contributed by atoms with Crippen LogP contribution in [0.3, 0.4) is 0 Å². The number of hydrazine groups is 1. The molecule has 8 nitrogen and oxygen atoms in total. The maximum Gasteiger partial charge on any atom is 0.422 e. The smallest absolute Gasteiger partial charge is 0.422 e. The van der Waals surface area contributed by atoms with E-state index in [0.717, 1.165) is 11.1 Å². The van der Waals surface area contributed by atoms with Gasteiger partial charge >= 0.3 is 12.2 Å². The second-order valence-corrected chi connectivity index (χ2v) is 9.43. The summed E-state index contributed by atoms with van der Waals surface area (Å²) in [4.78, 5) is 24.8. The molecule has 1 unspecified atom stereocenters. The lowest BCUT2D eigenvalue weighted by molar-refractivity contribution is 0.00701. The first-order chi connectivity index (χ1) is 16.0. The van der Waals surface area contributed by atoms with Gasteiger partial charge in [0.1, 0.15) is 12.2 Å². The number of amides is 2. The van der Waals surface area contributed by atoms with Crippen LogP contribution in [0.25, 0.3) is 0 Å². The van der Waals surface area contributed by atoms with E-state index in [1.165, 1.54) is 0 Å². The zero-order valence-corrected chi connectivity index (χ0v) is 20.7. The molecule has 0 saturated carbocycles. The SMILES string of the molecule is CC(C)N(CC(O)[C@H](Cc1ccccc1)NC(=O)OCc1ccccc1)NC(=O)OC(C)(C)C. The Morgan fingerprint density at radius 2 is 1.50 bits per heavy atom. The van der Waals surface area contributed by atoms with E-state index in [1.807, 2.05) is 74.5 Å². The average Bonchev–Trinajstić information content (AvgIpc) is 2.77. The Morgan fingerprint density at radius 1 is 0.941 bits per heavy atom. The highest BCUT2D eigenvalue weighted by atomic mass is 16.6. The summed E-state index contributed by atoms with van der Waals surface area (Å²) in [5.74, 6) is 0. The van der Waals surface area contributed by atoms with Crippen molar-refractivity contribution in [3.63, 3.8) is 0 Å². The first-order valence-corrected chi connectivity index (χ1v) is 11.5. The molecular weight excluding hydrogens is 434 g/mol. The number of benzene rings is 2. The molecule has 8 heteroatoms. The van der Waals surface area contributed by atoms with E-state index in [0.29, 0.717) is 6.42 Å². The average molecular weight is 472 g/mol. The third kappa shape index (κ3) is 10.2. The standard InChI is InChI=1S/C26H37N3O5/c1-19(2)29(28-25(32)34-26(3,4)5)17-23(30)22(16-20-12-8-6-9-13-20)27-24(31)33-18-21-14-10-7-11-15-21/h6-15,19,22-23,30H,16-18H2,1-5H3,(H,27,31)(H,28,32)/t22-,23?/m0/s1. The molecule has 0 aliphatic heterocycles. The summed E-state index contributed by atoms with van der Waals surface area (Å²) in [6.07, 6.45) is -1.84. The number of hydrogen-bond acceptors (Lipinski definition) is 6. The molecule has 0 fully saturated rings. The van der Waals surface area contributed by atoms with Gasteiger partial charge in [0.25, 0.3) is 0 Å². The molecule has 2 atom stereocenters. The van der Waals surface area contributed by atoms with E-state index in [2.05, 4.69) is 10.7 Å². The number of nitrogens with one attached hydrogen (secondary N) is 2. The summed E-state index contributed by atoms with van der Waals surface area (Å²) >= 11 is 0. The van der Waals surface area contributed by atoms with Crippen LogP contribution in [-0.4, -0.2) is 52.6 Å². The topological polar surface area (TPSA) is 100 Å². The highest BCUT2D eigenvalue weighted by molar-refractivity contribution is 5.68. The van der Waals surface area contributed by atoms with Crippen LogP contribution in [-0.2, 0) is 22.5 Å². The first-order valence-electron chi connectivity index (χ1n) is 11.5. The minimum Gasteiger partial charge on any atom is -0.445 e. The van der Waals surface area contributed by atoms with Crippen molar-refractivity contribution in [2.24, 2.45) is 0 Å². The third-order valence-corrected chi connectivity index (χ3v) is 4.92. The van der Waals surface area contributed by atoms with Crippen molar-refractivity contribution in [3.05, 3.63) is 71.8 Å². The fourth-order valence-corrected chi connectivity index (χ4v) is 3.20. The van der Waals surface area contributed by atoms with Gasteiger partial charge in [0, 0.05) is 12.6 Å². The molecule has 0 aromatic heterocycles. The molecule has 3 N–H and O–H groups in total. The second kappa shape index (κ2) is 13.0. The maximum atomic E-state index is 12.5. The van der Waals surface area contributed by atoms with E-state index in [4.69, 9.17) is 9.47 Å². The number of ether oxygens (including phenoxy) is 2. The van der Waals surface area contributed by atoms with Gasteiger partial charge in [0.05, 0.1) is 12.1 Å². The summed E-state index contributed by atoms with van der Waals surface area (Å²) in [6.45, 7) is 9.31. The van der Waals surface area contributed by atoms with Crippen LogP contribution in [0, 0.1) is 0 Å². The summed E-state index contributed by atoms with van der Waals surface area (Å²) in [5, 5.41) is 15.4. The summed E-state index contributed by atoms with van der Waals surface area (Å²) in [5.41, 5.74) is 3.86. The van der Waals surface area contributed by atoms with Gasteiger partial charge in [-0.05, 0) is 52.2 Å². The fourth-order valence-electron chi connectivity index (χ4n) is 3.20. The molecule has 2 aromatic rings. The number of rotatable bonds is 10. The number of carbonyl (C=O) groups excluding carboxylic acids is 2. The monoisotopic (exact) mass is 471 g/mol. The van der Waals surface area contributed by atoms with E-state index in [9.17, 15) is 14.7 Å². The van der Waals surface area contributed by atoms with Gasteiger partial charge in [-0.3, -0.25) is 5.43 Å². The third-order valence-electron chi connectivity index (χ3n) is 4.92. The molecular formula is C26H37N3O5. The van der Waals surface area contributed by atoms with Crippen LogP contribution in [0.1, 0.15) is 45.7 Å². The van der Waals surface area contributed by atoms with E-state index in [1.54, 1.807) is 25.8 Å². The van der Waals surface area contributed by atoms with Crippen molar-refractivity contribution < 1.29 is 24.2 Å². The number of hydrogen-bond donors (Lipinski definition) is 3. The van der Waals surface area contributed by atoms with E-state index >= 15 is 0 Å². The lowest BCUT2D eigenvalue weighted by atomic mass is 10.0. The van der Waals surface area contributed by atoms with Gasteiger partial charge in [0.15, 0.2) is 0 Å². The van der Waals surface area contributed by atoms with Gasteiger partial charge in [-0.15, -0.1) is 0 Å². The maximum absolute atomic E-state index is 12.5. The van der Waals surface area contributed by atoms with Crippen LogP contribution >= 0.6 is 0 Å². The highest BCUT2D eigenvalue weighted by Gasteiger charge is 2.27. The van der Waals surface area contributed by atoms with Crippen LogP contribution in [0.4, 0.5) is 9.59 Å². The quantitative estimate of drug-likeness (QED) is 0.452. The number of aliphatic hydroxyl groups is 1. The number of alkyl carbamates (subject to hydrolysis) is 1. The molecule has 0 aliphatic rings. The number of aliphatic hydroxyl groups excluding tert-OH is 1. The zero-order valence-electron chi connectivity index (χ0n) is 20.7. The molecule has 0 heterocycles. The summed E-state index contributed by atoms with van der Waals surface area (Å²) in [7, 11) is 0. The molecule has 2 amide bonds. The van der Waals surface area contributed by atoms with Crippen LogP contribution in [0.5, 0.6) is 0 Å². The van der Waals surface area contributed by atoms with E-state index in [-0.39, 0.29) is 19.2 Å². The molecule has 0 aliphatic carbocycles. The van der Waals surface area contributed by atoms with Crippen molar-refractivity contribution in [1.29, 1.82) is 0 Å². The van der Waals surface area contributed by atoms with E-state index < -0.39 is 29.9 Å². The van der Waals surface area contributed by atoms with Crippen LogP contribution < -0.4 is 10.7 Å². The Bertz CT molecular complexity index is 884. The first kappa shape index (κ1) is 27.1. The predicted octanol–water partition coefficient (Wildman–Crippen LogP) is 4.04. The lowest BCUT2D eigenvalue weighted by Gasteiger charge is -2.33. The van der Waals surface area contributed by atoms with Crippen molar-refractivity contribution in [3.8, 4) is 0 Å². The number of carbonyl (C=O) groups is 2. The van der Waals surface area contributed by atoms with Gasteiger partial charge in [-0.1, -0.05) is 60.7 Å². The van der Waals surface area contributed by atoms with Gasteiger partial charge in [-0.2, -0.15) is 0 Å². The van der Waals surface area contributed by atoms with Gasteiger partial charge in [-0.25, -0.2) is 14.6 Å². The Morgan fingerprint density at radius 3 is 2.03 bits per heavy atom. The molecule has 0 spiro atoms. The van der Waals surface area contributed by atoms with Crippen molar-refractivity contribution in [2.45, 2.75) is 71.4 Å². The lowest BCUT2D eigenvalue weighted by Crippen LogP contribution is -2.55. The Kier molecular flexibility index (Phi) is 10.3. The molecule has 2 aromatic carbocycles. The molecule has 0 saturated heterocycles. The summed E-state index contributed by atoms with van der Waals surface area (Å²) < 4.78 is 10.7. The molecule has 2 rings (SSSR count). The van der Waals surface area contributed by atoms with Gasteiger partial charge < -0.3 is 19.9 Å². The molecule has 186 valence electrons. The largest absolute Gasteiger partial charge is 0.445 e. The van der Waals surface area contributed by atoms with Crippen LogP contribution in [0.2, 0.25) is 0 Å². The zero-order chi connectivity index (χ0) is 25.1.